The number of benzene rings is 2. The van der Waals surface area contributed by atoms with Crippen molar-refractivity contribution in [2.24, 2.45) is 5.92 Å². The molecule has 2 amide bonds. The highest BCUT2D eigenvalue weighted by Gasteiger charge is 2.31. The maximum atomic E-state index is 12.9. The molecular formula is C22H21F5N2O4. The Bertz CT molecular complexity index is 966. The van der Waals surface area contributed by atoms with Gasteiger partial charge in [-0.1, -0.05) is 24.3 Å². The molecule has 6 nitrogen and oxygen atoms in total. The Balaban J connectivity index is 1.57. The van der Waals surface area contributed by atoms with Gasteiger partial charge in [0.05, 0.1) is 11.5 Å². The number of hydrogen-bond donors (Lipinski definition) is 1. The molecule has 0 aromatic heterocycles. The molecule has 1 saturated heterocycles. The number of halogens is 5. The number of rotatable bonds is 7. The van der Waals surface area contributed by atoms with E-state index >= 15 is 0 Å². The van der Waals surface area contributed by atoms with Gasteiger partial charge in [-0.25, -0.2) is 0 Å². The predicted octanol–water partition coefficient (Wildman–Crippen LogP) is 4.36. The van der Waals surface area contributed by atoms with Crippen molar-refractivity contribution in [2.45, 2.75) is 32.4 Å². The molecule has 0 aliphatic carbocycles. The van der Waals surface area contributed by atoms with Crippen LogP contribution in [0.15, 0.2) is 48.5 Å². The van der Waals surface area contributed by atoms with Crippen molar-refractivity contribution in [1.29, 1.82) is 0 Å². The molecule has 11 heteroatoms. The highest BCUT2D eigenvalue weighted by molar-refractivity contribution is 5.97. The van der Waals surface area contributed by atoms with Crippen molar-refractivity contribution in [3.63, 3.8) is 0 Å². The third-order valence-corrected chi connectivity index (χ3v) is 5.04. The average molecular weight is 472 g/mol. The Kier molecular flexibility index (Phi) is 7.72. The van der Waals surface area contributed by atoms with Crippen LogP contribution in [0.5, 0.6) is 11.5 Å². The molecule has 1 aliphatic heterocycles. The van der Waals surface area contributed by atoms with Crippen LogP contribution in [-0.2, 0) is 11.3 Å². The summed E-state index contributed by atoms with van der Waals surface area (Å²) in [5, 5.41) is 2.71. The number of para-hydroxylation sites is 1. The van der Waals surface area contributed by atoms with E-state index in [0.29, 0.717) is 24.9 Å². The van der Waals surface area contributed by atoms with Gasteiger partial charge in [-0.3, -0.25) is 9.59 Å². The summed E-state index contributed by atoms with van der Waals surface area (Å²) in [4.78, 5) is 26.9. The first-order chi connectivity index (χ1) is 15.6. The van der Waals surface area contributed by atoms with Gasteiger partial charge < -0.3 is 19.7 Å². The lowest BCUT2D eigenvalue weighted by atomic mass is 9.96. The number of nitrogens with one attached hydrogen (secondary N) is 1. The fraction of sp³-hybridized carbons (Fsp3) is 0.364. The minimum atomic E-state index is -4.79. The van der Waals surface area contributed by atoms with Crippen LogP contribution in [0.4, 0.5) is 22.0 Å². The number of nitrogens with zero attached hydrogens (tertiary/aromatic N) is 1. The highest BCUT2D eigenvalue weighted by Crippen LogP contribution is 2.26. The normalized spacial score (nSPS) is 16.4. The van der Waals surface area contributed by atoms with Crippen LogP contribution in [0.3, 0.4) is 0 Å². The summed E-state index contributed by atoms with van der Waals surface area (Å²) in [6, 6.07) is 10.8. The van der Waals surface area contributed by atoms with E-state index in [1.165, 1.54) is 41.3 Å². The van der Waals surface area contributed by atoms with E-state index in [2.05, 4.69) is 14.8 Å². The first-order valence-electron chi connectivity index (χ1n) is 10.1. The number of piperidine rings is 1. The van der Waals surface area contributed by atoms with Crippen molar-refractivity contribution in [2.75, 3.05) is 13.1 Å². The SMILES string of the molecule is O=C(NCc1ccc(OC(F)(F)F)cc1)C1CCCN(C(=O)c2ccccc2OC(F)F)C1. The molecule has 2 aromatic carbocycles. The van der Waals surface area contributed by atoms with Crippen LogP contribution in [0.1, 0.15) is 28.8 Å². The fourth-order valence-corrected chi connectivity index (χ4v) is 3.53. The molecule has 2 aromatic rings. The van der Waals surface area contributed by atoms with E-state index in [1.54, 1.807) is 0 Å². The Labute approximate surface area is 186 Å². The van der Waals surface area contributed by atoms with Crippen molar-refractivity contribution in [1.82, 2.24) is 10.2 Å². The molecule has 1 heterocycles. The lowest BCUT2D eigenvalue weighted by molar-refractivity contribution is -0.274. The topological polar surface area (TPSA) is 67.9 Å². The van der Waals surface area contributed by atoms with Gasteiger partial charge >= 0.3 is 13.0 Å². The molecule has 3 rings (SSSR count). The Morgan fingerprint density at radius 1 is 1.09 bits per heavy atom. The second-order valence-electron chi connectivity index (χ2n) is 7.37. The van der Waals surface area contributed by atoms with Gasteiger partial charge in [0.25, 0.3) is 5.91 Å². The molecule has 0 bridgehead atoms. The summed E-state index contributed by atoms with van der Waals surface area (Å²) < 4.78 is 70.2. The van der Waals surface area contributed by atoms with E-state index in [4.69, 9.17) is 0 Å². The minimum Gasteiger partial charge on any atom is -0.434 e. The quantitative estimate of drug-likeness (QED) is 0.609. The van der Waals surface area contributed by atoms with Gasteiger partial charge in [0.15, 0.2) is 0 Å². The van der Waals surface area contributed by atoms with Crippen LogP contribution in [0, 0.1) is 5.92 Å². The van der Waals surface area contributed by atoms with Gasteiger partial charge in [-0.15, -0.1) is 13.2 Å². The highest BCUT2D eigenvalue weighted by atomic mass is 19.4. The largest absolute Gasteiger partial charge is 0.573 e. The number of hydrogen-bond acceptors (Lipinski definition) is 4. The molecule has 1 fully saturated rings. The van der Waals surface area contributed by atoms with E-state index in [1.807, 2.05) is 0 Å². The second-order valence-corrected chi connectivity index (χ2v) is 7.37. The zero-order valence-electron chi connectivity index (χ0n) is 17.3. The zero-order valence-corrected chi connectivity index (χ0v) is 17.3. The van der Waals surface area contributed by atoms with Crippen LogP contribution in [-0.4, -0.2) is 42.8 Å². The standard InChI is InChI=1S/C22H21F5N2O4/c23-21(24)32-18-6-2-1-5-17(18)20(31)29-11-3-4-15(13-29)19(30)28-12-14-7-9-16(10-8-14)33-22(25,26)27/h1-2,5-10,15,21H,3-4,11-13H2,(H,28,30). The Morgan fingerprint density at radius 3 is 2.45 bits per heavy atom. The van der Waals surface area contributed by atoms with Crippen LogP contribution in [0.2, 0.25) is 0 Å². The van der Waals surface area contributed by atoms with E-state index < -0.39 is 24.8 Å². The number of ether oxygens (including phenoxy) is 2. The first kappa shape index (κ1) is 24.3. The average Bonchev–Trinajstić information content (AvgIpc) is 2.77. The lowest BCUT2D eigenvalue weighted by Gasteiger charge is -2.32. The smallest absolute Gasteiger partial charge is 0.434 e. The third kappa shape index (κ3) is 7.06. The molecule has 1 N–H and O–H groups in total. The van der Waals surface area contributed by atoms with Gasteiger partial charge in [-0.2, -0.15) is 8.78 Å². The van der Waals surface area contributed by atoms with Crippen molar-refractivity contribution in [3.05, 3.63) is 59.7 Å². The lowest BCUT2D eigenvalue weighted by Crippen LogP contribution is -2.45. The molecule has 0 saturated carbocycles. The molecular weight excluding hydrogens is 451 g/mol. The van der Waals surface area contributed by atoms with Crippen molar-refractivity contribution >= 4 is 11.8 Å². The van der Waals surface area contributed by atoms with Gasteiger partial charge in [0.1, 0.15) is 11.5 Å². The molecule has 33 heavy (non-hydrogen) atoms. The summed E-state index contributed by atoms with van der Waals surface area (Å²) in [7, 11) is 0. The molecule has 0 radical (unpaired) electrons. The van der Waals surface area contributed by atoms with E-state index in [0.717, 1.165) is 12.1 Å². The summed E-state index contributed by atoms with van der Waals surface area (Å²) in [6.45, 7) is -2.52. The summed E-state index contributed by atoms with van der Waals surface area (Å²) in [6.07, 6.45) is -3.71. The monoisotopic (exact) mass is 472 g/mol. The summed E-state index contributed by atoms with van der Waals surface area (Å²) in [5.74, 6) is -1.94. The first-order valence-corrected chi connectivity index (χ1v) is 10.1. The van der Waals surface area contributed by atoms with Crippen LogP contribution in [0.25, 0.3) is 0 Å². The molecule has 178 valence electrons. The number of amides is 2. The van der Waals surface area contributed by atoms with E-state index in [-0.39, 0.29) is 36.1 Å². The summed E-state index contributed by atoms with van der Waals surface area (Å²) >= 11 is 0. The Morgan fingerprint density at radius 2 is 1.79 bits per heavy atom. The molecule has 1 aliphatic rings. The summed E-state index contributed by atoms with van der Waals surface area (Å²) in [5.41, 5.74) is 0.555. The minimum absolute atomic E-state index is 0.0139. The zero-order chi connectivity index (χ0) is 24.0. The van der Waals surface area contributed by atoms with Gasteiger partial charge in [-0.05, 0) is 42.7 Å². The molecule has 1 unspecified atom stereocenters. The predicted molar refractivity (Wildman–Crippen MR) is 107 cm³/mol. The molecule has 1 atom stereocenters. The molecule has 0 spiro atoms. The number of carbonyl (C=O) groups is 2. The van der Waals surface area contributed by atoms with Gasteiger partial charge in [0, 0.05) is 19.6 Å². The van der Waals surface area contributed by atoms with Crippen molar-refractivity contribution in [3.8, 4) is 11.5 Å². The fourth-order valence-electron chi connectivity index (χ4n) is 3.53. The van der Waals surface area contributed by atoms with E-state index in [9.17, 15) is 31.5 Å². The number of carbonyl (C=O) groups excluding carboxylic acids is 2. The van der Waals surface area contributed by atoms with Crippen molar-refractivity contribution < 1.29 is 41.0 Å². The number of alkyl halides is 5. The van der Waals surface area contributed by atoms with Gasteiger partial charge in [0.2, 0.25) is 5.91 Å². The van der Waals surface area contributed by atoms with Crippen LogP contribution < -0.4 is 14.8 Å². The third-order valence-electron chi connectivity index (χ3n) is 5.04. The maximum Gasteiger partial charge on any atom is 0.573 e. The second kappa shape index (κ2) is 10.5. The maximum absolute atomic E-state index is 12.9. The number of likely N-dealkylation sites (tertiary alicyclic amines) is 1. The van der Waals surface area contributed by atoms with Crippen LogP contribution >= 0.6 is 0 Å². The Hall–Kier alpha value is -3.37.